The van der Waals surface area contributed by atoms with Crippen molar-refractivity contribution in [2.24, 2.45) is 0 Å². The maximum absolute atomic E-state index is 12.1. The Balaban J connectivity index is 1.75. The van der Waals surface area contributed by atoms with E-state index in [-0.39, 0.29) is 18.4 Å². The highest BCUT2D eigenvalue weighted by Crippen LogP contribution is 2.15. The van der Waals surface area contributed by atoms with Crippen molar-refractivity contribution in [2.75, 3.05) is 26.7 Å². The Hall–Kier alpha value is -2.53. The molecule has 0 aromatic heterocycles. The molecular weight excluding hydrogens is 340 g/mol. The molecular formula is C19H21ClN2O3. The molecule has 0 fully saturated rings. The molecule has 1 N–H and O–H groups in total. The van der Waals surface area contributed by atoms with E-state index < -0.39 is 0 Å². The van der Waals surface area contributed by atoms with Crippen LogP contribution in [0.1, 0.15) is 15.9 Å². The number of carbonyl (C=O) groups excluding carboxylic acids is 2. The number of carbonyl (C=O) groups is 2. The van der Waals surface area contributed by atoms with Crippen molar-refractivity contribution in [1.82, 2.24) is 10.2 Å². The summed E-state index contributed by atoms with van der Waals surface area (Å²) in [5.74, 6) is 0.279. The van der Waals surface area contributed by atoms with Crippen molar-refractivity contribution < 1.29 is 14.3 Å². The highest BCUT2D eigenvalue weighted by Gasteiger charge is 2.12. The maximum Gasteiger partial charge on any atom is 0.251 e. The fourth-order valence-corrected chi connectivity index (χ4v) is 2.35. The first-order chi connectivity index (χ1) is 12.0. The lowest BCUT2D eigenvalue weighted by Gasteiger charge is -2.18. The van der Waals surface area contributed by atoms with E-state index in [2.05, 4.69) is 5.32 Å². The summed E-state index contributed by atoms with van der Waals surface area (Å²) < 4.78 is 5.67. The number of halogens is 1. The molecule has 0 bridgehead atoms. The van der Waals surface area contributed by atoms with E-state index in [1.165, 1.54) is 4.90 Å². The largest absolute Gasteiger partial charge is 0.491 e. The standard InChI is InChI=1S/C19H21ClN2O3/c1-14-6-3-4-9-17(14)25-11-10-22(2)18(23)13-21-19(24)15-7-5-8-16(20)12-15/h3-9,12H,10-11,13H2,1-2H3,(H,21,24). The second-order valence-corrected chi connectivity index (χ2v) is 6.06. The Labute approximate surface area is 152 Å². The number of benzene rings is 2. The molecule has 132 valence electrons. The maximum atomic E-state index is 12.1. The number of nitrogens with zero attached hydrogens (tertiary/aromatic N) is 1. The molecule has 2 rings (SSSR count). The SMILES string of the molecule is Cc1ccccc1OCCN(C)C(=O)CNC(=O)c1cccc(Cl)c1. The van der Waals surface area contributed by atoms with Gasteiger partial charge in [-0.2, -0.15) is 0 Å². The van der Waals surface area contributed by atoms with E-state index in [1.807, 2.05) is 31.2 Å². The van der Waals surface area contributed by atoms with E-state index in [4.69, 9.17) is 16.3 Å². The van der Waals surface area contributed by atoms with E-state index in [9.17, 15) is 9.59 Å². The molecule has 0 saturated heterocycles. The van der Waals surface area contributed by atoms with Crippen LogP contribution in [-0.4, -0.2) is 43.5 Å². The first-order valence-electron chi connectivity index (χ1n) is 7.93. The van der Waals surface area contributed by atoms with Crippen LogP contribution in [0.5, 0.6) is 5.75 Å². The molecule has 0 unspecified atom stereocenters. The summed E-state index contributed by atoms with van der Waals surface area (Å²) in [4.78, 5) is 25.6. The molecule has 2 aromatic carbocycles. The molecule has 0 saturated carbocycles. The smallest absolute Gasteiger partial charge is 0.251 e. The topological polar surface area (TPSA) is 58.6 Å². The number of para-hydroxylation sites is 1. The molecule has 6 heteroatoms. The van der Waals surface area contributed by atoms with Gasteiger partial charge in [0, 0.05) is 17.6 Å². The summed E-state index contributed by atoms with van der Waals surface area (Å²) in [6.07, 6.45) is 0. The minimum atomic E-state index is -0.333. The van der Waals surface area contributed by atoms with Crippen LogP contribution in [0, 0.1) is 6.92 Å². The molecule has 0 radical (unpaired) electrons. The molecule has 0 atom stereocenters. The van der Waals surface area contributed by atoms with Gasteiger partial charge < -0.3 is 15.0 Å². The lowest BCUT2D eigenvalue weighted by atomic mass is 10.2. The van der Waals surface area contributed by atoms with E-state index in [1.54, 1.807) is 31.3 Å². The van der Waals surface area contributed by atoms with Crippen molar-refractivity contribution in [1.29, 1.82) is 0 Å². The predicted molar refractivity (Wildman–Crippen MR) is 98.1 cm³/mol. The summed E-state index contributed by atoms with van der Waals surface area (Å²) in [5.41, 5.74) is 1.47. The lowest BCUT2D eigenvalue weighted by Crippen LogP contribution is -2.39. The van der Waals surface area contributed by atoms with Crippen molar-refractivity contribution in [3.63, 3.8) is 0 Å². The van der Waals surface area contributed by atoms with Gasteiger partial charge in [0.1, 0.15) is 12.4 Å². The Morgan fingerprint density at radius 1 is 1.16 bits per heavy atom. The van der Waals surface area contributed by atoms with Gasteiger partial charge >= 0.3 is 0 Å². The molecule has 2 amide bonds. The van der Waals surface area contributed by atoms with Gasteiger partial charge in [-0.15, -0.1) is 0 Å². The van der Waals surface area contributed by atoms with E-state index in [0.717, 1.165) is 11.3 Å². The second-order valence-electron chi connectivity index (χ2n) is 5.62. The number of nitrogens with one attached hydrogen (secondary N) is 1. The van der Waals surface area contributed by atoms with Crippen LogP contribution in [0.25, 0.3) is 0 Å². The molecule has 0 spiro atoms. The van der Waals surface area contributed by atoms with Crippen LogP contribution in [-0.2, 0) is 4.79 Å². The van der Waals surface area contributed by atoms with Gasteiger partial charge in [-0.1, -0.05) is 35.9 Å². The van der Waals surface area contributed by atoms with Crippen molar-refractivity contribution >= 4 is 23.4 Å². The predicted octanol–water partition coefficient (Wildman–Crippen LogP) is 2.92. The average Bonchev–Trinajstić information content (AvgIpc) is 2.60. The number of hydrogen-bond donors (Lipinski definition) is 1. The van der Waals surface area contributed by atoms with Crippen molar-refractivity contribution in [3.05, 3.63) is 64.7 Å². The van der Waals surface area contributed by atoms with Crippen LogP contribution in [0.3, 0.4) is 0 Å². The van der Waals surface area contributed by atoms with Gasteiger partial charge in [-0.3, -0.25) is 9.59 Å². The first kappa shape index (κ1) is 18.8. The number of ether oxygens (including phenoxy) is 1. The van der Waals surface area contributed by atoms with Crippen LogP contribution in [0.15, 0.2) is 48.5 Å². The zero-order valence-electron chi connectivity index (χ0n) is 14.3. The van der Waals surface area contributed by atoms with E-state index >= 15 is 0 Å². The Bertz CT molecular complexity index is 749. The summed E-state index contributed by atoms with van der Waals surface area (Å²) in [5, 5.41) is 3.07. The third-order valence-corrected chi connectivity index (χ3v) is 3.93. The van der Waals surface area contributed by atoms with Gasteiger partial charge in [0.2, 0.25) is 5.91 Å². The van der Waals surface area contributed by atoms with Gasteiger partial charge in [-0.25, -0.2) is 0 Å². The molecule has 2 aromatic rings. The normalized spacial score (nSPS) is 10.2. The van der Waals surface area contributed by atoms with Crippen LogP contribution < -0.4 is 10.1 Å². The summed E-state index contributed by atoms with van der Waals surface area (Å²) in [6, 6.07) is 14.3. The monoisotopic (exact) mass is 360 g/mol. The Morgan fingerprint density at radius 2 is 1.92 bits per heavy atom. The molecule has 25 heavy (non-hydrogen) atoms. The highest BCUT2D eigenvalue weighted by molar-refractivity contribution is 6.30. The zero-order chi connectivity index (χ0) is 18.2. The Morgan fingerprint density at radius 3 is 2.64 bits per heavy atom. The number of likely N-dealkylation sites (N-methyl/N-ethyl adjacent to an activating group) is 1. The van der Waals surface area contributed by atoms with E-state index in [0.29, 0.717) is 23.7 Å². The second kappa shape index (κ2) is 9.08. The number of aryl methyl sites for hydroxylation is 1. The van der Waals surface area contributed by atoms with Gasteiger partial charge in [0.15, 0.2) is 0 Å². The third-order valence-electron chi connectivity index (χ3n) is 3.69. The number of rotatable bonds is 7. The number of hydrogen-bond acceptors (Lipinski definition) is 3. The summed E-state index contributed by atoms with van der Waals surface area (Å²) in [7, 11) is 1.68. The summed E-state index contributed by atoms with van der Waals surface area (Å²) in [6.45, 7) is 2.71. The fourth-order valence-electron chi connectivity index (χ4n) is 2.16. The van der Waals surface area contributed by atoms with Crippen molar-refractivity contribution in [3.8, 4) is 5.75 Å². The van der Waals surface area contributed by atoms with Gasteiger partial charge in [0.05, 0.1) is 13.1 Å². The average molecular weight is 361 g/mol. The third kappa shape index (κ3) is 5.80. The molecule has 0 aliphatic carbocycles. The van der Waals surface area contributed by atoms with Crippen LogP contribution in [0.2, 0.25) is 5.02 Å². The Kier molecular flexibility index (Phi) is 6.83. The van der Waals surface area contributed by atoms with Gasteiger partial charge in [-0.05, 0) is 36.8 Å². The molecule has 0 aliphatic rings. The zero-order valence-corrected chi connectivity index (χ0v) is 15.0. The number of amides is 2. The van der Waals surface area contributed by atoms with Crippen LogP contribution >= 0.6 is 11.6 Å². The summed E-state index contributed by atoms with van der Waals surface area (Å²) >= 11 is 5.85. The highest BCUT2D eigenvalue weighted by atomic mass is 35.5. The molecule has 0 heterocycles. The fraction of sp³-hybridized carbons (Fsp3) is 0.263. The van der Waals surface area contributed by atoms with Crippen molar-refractivity contribution in [2.45, 2.75) is 6.92 Å². The molecule has 0 aliphatic heterocycles. The minimum Gasteiger partial charge on any atom is -0.491 e. The lowest BCUT2D eigenvalue weighted by molar-refractivity contribution is -0.129. The molecule has 5 nitrogen and oxygen atoms in total. The first-order valence-corrected chi connectivity index (χ1v) is 8.31. The van der Waals surface area contributed by atoms with Crippen LogP contribution in [0.4, 0.5) is 0 Å². The minimum absolute atomic E-state index is 0.0772. The van der Waals surface area contributed by atoms with Gasteiger partial charge in [0.25, 0.3) is 5.91 Å². The quantitative estimate of drug-likeness (QED) is 0.826.